The Morgan fingerprint density at radius 1 is 1.22 bits per heavy atom. The molecule has 3 amide bonds. The minimum absolute atomic E-state index is 0.157. The molecule has 0 spiro atoms. The van der Waals surface area contributed by atoms with Gasteiger partial charge < -0.3 is 4.74 Å². The number of hydrazine groups is 1. The van der Waals surface area contributed by atoms with Crippen LogP contribution in [0.3, 0.4) is 0 Å². The predicted molar refractivity (Wildman–Crippen MR) is 93.7 cm³/mol. The molecule has 1 aromatic carbocycles. The third-order valence-electron chi connectivity index (χ3n) is 5.21. The van der Waals surface area contributed by atoms with Crippen LogP contribution in [0, 0.1) is 5.92 Å². The zero-order valence-electron chi connectivity index (χ0n) is 15.4. The summed E-state index contributed by atoms with van der Waals surface area (Å²) in [7, 11) is 0. The first-order chi connectivity index (χ1) is 13.0. The number of hydroxylamine groups is 2. The van der Waals surface area contributed by atoms with Gasteiger partial charge in [0.1, 0.15) is 6.10 Å². The Kier molecular flexibility index (Phi) is 4.15. The van der Waals surface area contributed by atoms with E-state index in [0.29, 0.717) is 5.56 Å². The molecule has 1 aromatic rings. The van der Waals surface area contributed by atoms with Crippen LogP contribution in [0.5, 0.6) is 0 Å². The highest BCUT2D eigenvalue weighted by atomic mass is 16.7. The number of β-lactam (4-membered cyclic amide) rings is 1. The summed E-state index contributed by atoms with van der Waals surface area (Å²) in [5.41, 5.74) is 1.31. The highest BCUT2D eigenvalue weighted by Gasteiger charge is 2.61. The molecule has 4 unspecified atom stereocenters. The summed E-state index contributed by atoms with van der Waals surface area (Å²) in [5, 5.41) is 3.75. The van der Waals surface area contributed by atoms with E-state index in [0.717, 1.165) is 5.57 Å². The minimum atomic E-state index is -0.894. The number of hydrogen-bond donors (Lipinski definition) is 0. The number of nitrogens with zero attached hydrogens (tertiary/aromatic N) is 3. The van der Waals surface area contributed by atoms with E-state index in [2.05, 4.69) is 0 Å². The van der Waals surface area contributed by atoms with Gasteiger partial charge in [-0.25, -0.2) is 9.80 Å². The topological polar surface area (TPSA) is 79.4 Å². The van der Waals surface area contributed by atoms with Gasteiger partial charge >= 0.3 is 6.09 Å². The van der Waals surface area contributed by atoms with Crippen molar-refractivity contribution in [2.45, 2.75) is 39.1 Å². The molecular formula is C19H21N3O5. The summed E-state index contributed by atoms with van der Waals surface area (Å²) in [6, 6.07) is 8.32. The normalized spacial score (nSPS) is 28.9. The van der Waals surface area contributed by atoms with E-state index < -0.39 is 18.4 Å². The van der Waals surface area contributed by atoms with Crippen molar-refractivity contribution in [3.63, 3.8) is 0 Å². The fourth-order valence-electron chi connectivity index (χ4n) is 3.83. The van der Waals surface area contributed by atoms with Crippen molar-refractivity contribution in [2.24, 2.45) is 5.92 Å². The van der Waals surface area contributed by atoms with E-state index in [4.69, 9.17) is 9.57 Å². The monoisotopic (exact) mass is 371 g/mol. The lowest BCUT2D eigenvalue weighted by Crippen LogP contribution is -2.70. The Morgan fingerprint density at radius 3 is 2.59 bits per heavy atom. The predicted octanol–water partition coefficient (Wildman–Crippen LogP) is 1.95. The molecular weight excluding hydrogens is 350 g/mol. The number of carbonyl (C=O) groups excluding carboxylic acids is 3. The number of ether oxygens (including phenoxy) is 1. The van der Waals surface area contributed by atoms with Crippen molar-refractivity contribution in [1.29, 1.82) is 0 Å². The third-order valence-corrected chi connectivity index (χ3v) is 5.21. The molecule has 4 aliphatic heterocycles. The van der Waals surface area contributed by atoms with Crippen LogP contribution in [0.2, 0.25) is 0 Å². The molecule has 4 aliphatic rings. The summed E-state index contributed by atoms with van der Waals surface area (Å²) in [6.07, 6.45) is -0.297. The number of hydrogen-bond acceptors (Lipinski definition) is 5. The minimum Gasteiger partial charge on any atom is -0.448 e. The van der Waals surface area contributed by atoms with Gasteiger partial charge in [-0.15, -0.1) is 0 Å². The zero-order chi connectivity index (χ0) is 19.3. The molecule has 8 heteroatoms. The number of benzene rings is 1. The largest absolute Gasteiger partial charge is 0.448 e. The summed E-state index contributed by atoms with van der Waals surface area (Å²) in [5.74, 6) is -0.893. The van der Waals surface area contributed by atoms with Crippen LogP contribution in [-0.4, -0.2) is 57.9 Å². The molecule has 0 saturated carbocycles. The molecule has 142 valence electrons. The van der Waals surface area contributed by atoms with Crippen LogP contribution in [0.25, 0.3) is 0 Å². The van der Waals surface area contributed by atoms with Gasteiger partial charge in [0.2, 0.25) is 5.91 Å². The van der Waals surface area contributed by atoms with Crippen LogP contribution in [0.1, 0.15) is 31.1 Å². The Morgan fingerprint density at radius 2 is 1.93 bits per heavy atom. The molecule has 5 rings (SSSR count). The van der Waals surface area contributed by atoms with E-state index in [1.165, 1.54) is 15.1 Å². The van der Waals surface area contributed by atoms with Crippen molar-refractivity contribution in [3.8, 4) is 0 Å². The van der Waals surface area contributed by atoms with Gasteiger partial charge in [-0.1, -0.05) is 25.1 Å². The summed E-state index contributed by atoms with van der Waals surface area (Å²) < 4.78 is 5.16. The van der Waals surface area contributed by atoms with E-state index in [1.807, 2.05) is 13.0 Å². The Hall–Kier alpha value is -2.87. The van der Waals surface area contributed by atoms with Crippen molar-refractivity contribution in [1.82, 2.24) is 15.1 Å². The molecule has 27 heavy (non-hydrogen) atoms. The van der Waals surface area contributed by atoms with E-state index >= 15 is 0 Å². The molecule has 2 saturated heterocycles. The molecule has 4 heterocycles. The van der Waals surface area contributed by atoms with Crippen LogP contribution < -0.4 is 0 Å². The summed E-state index contributed by atoms with van der Waals surface area (Å²) >= 11 is 0. The average molecular weight is 371 g/mol. The number of rotatable bonds is 2. The smallest absolute Gasteiger partial charge is 0.431 e. The van der Waals surface area contributed by atoms with E-state index in [9.17, 15) is 14.4 Å². The number of amides is 3. The van der Waals surface area contributed by atoms with Crippen molar-refractivity contribution < 1.29 is 24.0 Å². The molecule has 0 N–H and O–H groups in total. The van der Waals surface area contributed by atoms with Crippen molar-refractivity contribution >= 4 is 17.9 Å². The van der Waals surface area contributed by atoms with Crippen LogP contribution in [0.4, 0.5) is 4.79 Å². The Balaban J connectivity index is 1.77. The number of carbonyl (C=O) groups is 3. The maximum absolute atomic E-state index is 13.1. The Labute approximate surface area is 156 Å². The highest BCUT2D eigenvalue weighted by molar-refractivity contribution is 5.94. The standard InChI is InChI=1S/C19H21N3O5/c1-4-26-19(25)20-14-10-11(2)16(15-12(3)17(23)21(15)20)27-22(14)18(24)13-8-6-5-7-9-13/h5-10,12,14-16H,4H2,1-3H3. The molecule has 0 aliphatic carbocycles. The summed E-state index contributed by atoms with van der Waals surface area (Å²) in [4.78, 5) is 44.3. The lowest BCUT2D eigenvalue weighted by Gasteiger charge is -2.49. The Bertz CT molecular complexity index is 824. The van der Waals surface area contributed by atoms with E-state index in [1.54, 1.807) is 44.2 Å². The maximum Gasteiger partial charge on any atom is 0.431 e. The van der Waals surface area contributed by atoms with E-state index in [-0.39, 0.29) is 30.4 Å². The second-order valence-electron chi connectivity index (χ2n) is 6.85. The third kappa shape index (κ3) is 2.51. The van der Waals surface area contributed by atoms with Gasteiger partial charge in [-0.05, 0) is 37.6 Å². The molecule has 0 radical (unpaired) electrons. The molecule has 0 aromatic heterocycles. The van der Waals surface area contributed by atoms with Gasteiger partial charge in [-0.2, -0.15) is 10.1 Å². The first-order valence-electron chi connectivity index (χ1n) is 8.98. The zero-order valence-corrected chi connectivity index (χ0v) is 15.4. The molecule has 4 atom stereocenters. The van der Waals surface area contributed by atoms with Crippen molar-refractivity contribution in [3.05, 3.63) is 47.5 Å². The lowest BCUT2D eigenvalue weighted by atomic mass is 9.84. The average Bonchev–Trinajstić information content (AvgIpc) is 2.88. The number of fused-ring (bicyclic) bond motifs is 1. The second kappa shape index (κ2) is 6.38. The van der Waals surface area contributed by atoms with Gasteiger partial charge in [0.15, 0.2) is 6.17 Å². The first kappa shape index (κ1) is 17.5. The maximum atomic E-state index is 13.1. The van der Waals surface area contributed by atoms with Crippen LogP contribution in [-0.2, 0) is 14.4 Å². The molecule has 2 bridgehead atoms. The van der Waals surface area contributed by atoms with Gasteiger partial charge in [0, 0.05) is 5.56 Å². The van der Waals surface area contributed by atoms with Crippen LogP contribution in [0.15, 0.2) is 42.0 Å². The van der Waals surface area contributed by atoms with Crippen molar-refractivity contribution in [2.75, 3.05) is 6.61 Å². The van der Waals surface area contributed by atoms with Gasteiger partial charge in [-0.3, -0.25) is 14.4 Å². The quantitative estimate of drug-likeness (QED) is 0.586. The fourth-order valence-corrected chi connectivity index (χ4v) is 3.83. The highest BCUT2D eigenvalue weighted by Crippen LogP contribution is 2.42. The SMILES string of the molecule is CCOC(=O)N1C2C=C(C)C(ON2C(=O)c2ccccc2)C2C(C)C(=O)N21. The van der Waals surface area contributed by atoms with Crippen LogP contribution >= 0.6 is 0 Å². The lowest BCUT2D eigenvalue weighted by molar-refractivity contribution is -0.187. The molecule has 2 fully saturated rings. The molecule has 8 nitrogen and oxygen atoms in total. The first-order valence-corrected chi connectivity index (χ1v) is 8.98. The van der Waals surface area contributed by atoms with Gasteiger partial charge in [0.25, 0.3) is 5.91 Å². The second-order valence-corrected chi connectivity index (χ2v) is 6.85. The summed E-state index contributed by atoms with van der Waals surface area (Å²) in [6.45, 7) is 5.52. The fraction of sp³-hybridized carbons (Fsp3) is 0.421. The van der Waals surface area contributed by atoms with Gasteiger partial charge in [0.05, 0.1) is 18.6 Å².